The number of ether oxygens (including phenoxy) is 2. The van der Waals surface area contributed by atoms with Gasteiger partial charge in [0.05, 0.1) is 29.3 Å². The van der Waals surface area contributed by atoms with Crippen LogP contribution in [0.5, 0.6) is 0 Å². The molecule has 1 aliphatic heterocycles. The minimum absolute atomic E-state index is 0.0333. The van der Waals surface area contributed by atoms with Crippen LogP contribution >= 0.6 is 0 Å². The fourth-order valence-corrected chi connectivity index (χ4v) is 5.10. The highest BCUT2D eigenvalue weighted by Gasteiger charge is 2.40. The third kappa shape index (κ3) is 5.85. The van der Waals surface area contributed by atoms with Gasteiger partial charge in [0.1, 0.15) is 6.10 Å². The monoisotopic (exact) mass is 380 g/mol. The van der Waals surface area contributed by atoms with Crippen molar-refractivity contribution in [1.82, 2.24) is 0 Å². The molecule has 1 unspecified atom stereocenters. The summed E-state index contributed by atoms with van der Waals surface area (Å²) in [6.07, 6.45) is 2.08. The Morgan fingerprint density at radius 3 is 2.13 bits per heavy atom. The lowest BCUT2D eigenvalue weighted by Gasteiger charge is -2.30. The average molecular weight is 380 g/mol. The SMILES string of the molecule is O=S(=O)(CC1CCC(OCC2CO2)CC1)[N-]S(=O)(=O)C(F)(F)F. The summed E-state index contributed by atoms with van der Waals surface area (Å²) in [5, 5.41) is 0. The topological polar surface area (TPSA) is 104 Å². The fourth-order valence-electron chi connectivity index (χ4n) is 2.39. The number of nitrogens with zero attached hydrogens (tertiary/aromatic N) is 1. The minimum atomic E-state index is -6.03. The molecule has 2 fully saturated rings. The number of hydrogen-bond donors (Lipinski definition) is 0. The first-order valence-electron chi connectivity index (χ1n) is 7.00. The second-order valence-electron chi connectivity index (χ2n) is 5.68. The Hall–Kier alpha value is -0.430. The molecule has 23 heavy (non-hydrogen) atoms. The zero-order valence-corrected chi connectivity index (χ0v) is 13.7. The highest BCUT2D eigenvalue weighted by Crippen LogP contribution is 2.33. The van der Waals surface area contributed by atoms with Gasteiger partial charge < -0.3 is 13.6 Å². The normalized spacial score (nSPS) is 29.4. The van der Waals surface area contributed by atoms with E-state index in [0.29, 0.717) is 38.9 Å². The number of sulfonamides is 2. The maximum atomic E-state index is 12.2. The molecule has 0 amide bonds. The van der Waals surface area contributed by atoms with Crippen LogP contribution in [0.3, 0.4) is 0 Å². The number of alkyl halides is 3. The van der Waals surface area contributed by atoms with Crippen LogP contribution in [0, 0.1) is 5.92 Å². The molecule has 2 rings (SSSR count). The van der Waals surface area contributed by atoms with Gasteiger partial charge >= 0.3 is 5.51 Å². The van der Waals surface area contributed by atoms with Crippen molar-refractivity contribution in [3.05, 3.63) is 4.13 Å². The maximum Gasteiger partial charge on any atom is 0.480 e. The molecule has 0 radical (unpaired) electrons. The lowest BCUT2D eigenvalue weighted by molar-refractivity contribution is -0.0425. The van der Waals surface area contributed by atoms with Gasteiger partial charge in [-0.1, -0.05) is 0 Å². The summed E-state index contributed by atoms with van der Waals surface area (Å²) in [6, 6.07) is 0. The zero-order valence-electron chi connectivity index (χ0n) is 12.0. The molecule has 2 aliphatic rings. The summed E-state index contributed by atoms with van der Waals surface area (Å²) in [6.45, 7) is 1.15. The van der Waals surface area contributed by atoms with Crippen molar-refractivity contribution in [3.8, 4) is 0 Å². The van der Waals surface area contributed by atoms with Crippen LogP contribution in [0.4, 0.5) is 13.2 Å². The van der Waals surface area contributed by atoms with Gasteiger partial charge in [-0.2, -0.15) is 13.2 Å². The third-order valence-electron chi connectivity index (χ3n) is 3.66. The Balaban J connectivity index is 1.80. The van der Waals surface area contributed by atoms with E-state index in [2.05, 4.69) is 4.13 Å². The first-order valence-corrected chi connectivity index (χ1v) is 10.0. The molecule has 136 valence electrons. The standard InChI is InChI=1S/C11H17F3NO6S2/c12-11(13,14)23(18,19)15-22(16,17)7-8-1-3-9(4-2-8)20-5-10-6-21-10/h8-10H,1-7H2/q-1. The Kier molecular flexibility index (Phi) is 5.61. The molecular formula is C11H17F3NO6S2-. The molecule has 1 saturated heterocycles. The Morgan fingerprint density at radius 1 is 1.09 bits per heavy atom. The highest BCUT2D eigenvalue weighted by atomic mass is 32.3. The summed E-state index contributed by atoms with van der Waals surface area (Å²) >= 11 is 0. The molecule has 0 N–H and O–H groups in total. The Labute approximate surface area is 132 Å². The number of halogens is 3. The lowest BCUT2D eigenvalue weighted by atomic mass is 9.89. The van der Waals surface area contributed by atoms with Crippen molar-refractivity contribution in [1.29, 1.82) is 0 Å². The quantitative estimate of drug-likeness (QED) is 0.620. The van der Waals surface area contributed by atoms with Crippen molar-refractivity contribution in [2.75, 3.05) is 19.0 Å². The molecule has 0 aromatic heterocycles. The zero-order chi connectivity index (χ0) is 17.3. The van der Waals surface area contributed by atoms with Crippen LogP contribution in [-0.4, -0.2) is 53.5 Å². The minimum Gasteiger partial charge on any atom is -0.428 e. The summed E-state index contributed by atoms with van der Waals surface area (Å²) in [5.41, 5.74) is -5.71. The van der Waals surface area contributed by atoms with Crippen LogP contribution < -0.4 is 0 Å². The van der Waals surface area contributed by atoms with Crippen LogP contribution in [0.25, 0.3) is 4.13 Å². The van der Waals surface area contributed by atoms with Gasteiger partial charge in [-0.3, -0.25) is 0 Å². The summed E-state index contributed by atoms with van der Waals surface area (Å²) in [7, 11) is -10.7. The number of hydrogen-bond acceptors (Lipinski definition) is 6. The summed E-state index contributed by atoms with van der Waals surface area (Å²) in [4.78, 5) is 0. The molecule has 1 saturated carbocycles. The molecule has 1 heterocycles. The predicted octanol–water partition coefficient (Wildman–Crippen LogP) is 1.51. The Bertz CT molecular complexity index is 606. The molecule has 1 aliphatic carbocycles. The third-order valence-corrected chi connectivity index (χ3v) is 6.84. The van der Waals surface area contributed by atoms with E-state index in [4.69, 9.17) is 9.47 Å². The van der Waals surface area contributed by atoms with Crippen LogP contribution in [0.15, 0.2) is 0 Å². The van der Waals surface area contributed by atoms with Crippen molar-refractivity contribution in [2.45, 2.75) is 43.4 Å². The lowest BCUT2D eigenvalue weighted by Crippen LogP contribution is -2.29. The average Bonchev–Trinajstić information content (AvgIpc) is 3.18. The van der Waals surface area contributed by atoms with Crippen LogP contribution in [-0.2, 0) is 29.5 Å². The predicted molar refractivity (Wildman–Crippen MR) is 73.6 cm³/mol. The fraction of sp³-hybridized carbons (Fsp3) is 1.00. The molecule has 12 heteroatoms. The highest BCUT2D eigenvalue weighted by molar-refractivity contribution is 8.12. The van der Waals surface area contributed by atoms with E-state index in [0.717, 1.165) is 0 Å². The molecule has 7 nitrogen and oxygen atoms in total. The van der Waals surface area contributed by atoms with Gasteiger partial charge in [0, 0.05) is 5.75 Å². The van der Waals surface area contributed by atoms with Gasteiger partial charge in [0.2, 0.25) is 0 Å². The van der Waals surface area contributed by atoms with Crippen molar-refractivity contribution < 1.29 is 39.5 Å². The van der Waals surface area contributed by atoms with Gasteiger partial charge in [0.15, 0.2) is 10.0 Å². The number of rotatable bonds is 7. The molecule has 1 atom stereocenters. The number of epoxide rings is 1. The van der Waals surface area contributed by atoms with E-state index in [-0.39, 0.29) is 12.2 Å². The van der Waals surface area contributed by atoms with E-state index in [9.17, 15) is 30.0 Å². The van der Waals surface area contributed by atoms with E-state index in [1.165, 1.54) is 0 Å². The molecule has 0 spiro atoms. The summed E-state index contributed by atoms with van der Waals surface area (Å²) in [5.74, 6) is -1.13. The first kappa shape index (κ1) is 18.9. The van der Waals surface area contributed by atoms with E-state index >= 15 is 0 Å². The van der Waals surface area contributed by atoms with Crippen molar-refractivity contribution >= 4 is 20.0 Å². The van der Waals surface area contributed by atoms with Crippen LogP contribution in [0.2, 0.25) is 0 Å². The van der Waals surface area contributed by atoms with Crippen molar-refractivity contribution in [3.63, 3.8) is 0 Å². The van der Waals surface area contributed by atoms with Crippen LogP contribution in [0.1, 0.15) is 25.7 Å². The van der Waals surface area contributed by atoms with Gasteiger partial charge in [0.25, 0.3) is 0 Å². The van der Waals surface area contributed by atoms with Gasteiger partial charge in [-0.25, -0.2) is 16.8 Å². The molecular weight excluding hydrogens is 363 g/mol. The molecule has 0 bridgehead atoms. The second kappa shape index (κ2) is 6.82. The first-order chi connectivity index (χ1) is 10.5. The van der Waals surface area contributed by atoms with Crippen molar-refractivity contribution in [2.24, 2.45) is 5.92 Å². The molecule has 0 aromatic carbocycles. The maximum absolute atomic E-state index is 12.2. The van der Waals surface area contributed by atoms with Gasteiger partial charge in [-0.15, -0.1) is 0 Å². The largest absolute Gasteiger partial charge is 0.480 e. The second-order valence-corrected chi connectivity index (χ2v) is 9.18. The van der Waals surface area contributed by atoms with E-state index < -0.39 is 37.2 Å². The van der Waals surface area contributed by atoms with Gasteiger partial charge in [-0.05, 0) is 31.6 Å². The smallest absolute Gasteiger partial charge is 0.428 e. The van der Waals surface area contributed by atoms with E-state index in [1.54, 1.807) is 0 Å². The van der Waals surface area contributed by atoms with E-state index in [1.807, 2.05) is 0 Å². The Morgan fingerprint density at radius 2 is 1.65 bits per heavy atom. The summed E-state index contributed by atoms with van der Waals surface area (Å²) < 4.78 is 93.9. The molecule has 0 aromatic rings.